The molecule has 2 amide bonds. The van der Waals surface area contributed by atoms with E-state index in [1.165, 1.54) is 35.7 Å². The van der Waals surface area contributed by atoms with Crippen LogP contribution in [0.2, 0.25) is 0 Å². The van der Waals surface area contributed by atoms with E-state index in [1.807, 2.05) is 4.90 Å². The van der Waals surface area contributed by atoms with Crippen molar-refractivity contribution in [2.24, 2.45) is 0 Å². The van der Waals surface area contributed by atoms with E-state index in [0.717, 1.165) is 19.5 Å². The molecule has 2 saturated heterocycles. The number of rotatable bonds is 4. The van der Waals surface area contributed by atoms with Crippen molar-refractivity contribution in [2.45, 2.75) is 38.8 Å². The second kappa shape index (κ2) is 8.20. The van der Waals surface area contributed by atoms with Crippen LogP contribution in [0.15, 0.2) is 33.7 Å². The average molecular weight is 399 g/mol. The van der Waals surface area contributed by atoms with Crippen LogP contribution in [0.5, 0.6) is 0 Å². The quantitative estimate of drug-likeness (QED) is 0.826. The number of piperazine rings is 1. The van der Waals surface area contributed by atoms with Crippen molar-refractivity contribution in [3.8, 4) is 0 Å². The van der Waals surface area contributed by atoms with Gasteiger partial charge in [0.05, 0.1) is 5.56 Å². The normalized spacial score (nSPS) is 19.6. The molecule has 0 saturated carbocycles. The summed E-state index contributed by atoms with van der Waals surface area (Å²) in [6.45, 7) is 4.90. The van der Waals surface area contributed by atoms with Crippen LogP contribution < -0.4 is 10.9 Å². The molecule has 0 unspecified atom stereocenters. The second-order valence-corrected chi connectivity index (χ2v) is 7.69. The molecule has 9 heteroatoms. The standard InChI is InChI=1S/C20H25N5O4/c1-14-10-17(22-29-14)21-18(26)13-25-11-15(5-6-19(25)27)20(28)24-9-8-23-7-3-2-4-16(23)12-24/h5-6,10-11,16H,2-4,7-9,12-13H2,1H3,(H,21,22,26)/t16-/m0/s1. The van der Waals surface area contributed by atoms with Gasteiger partial charge in [-0.1, -0.05) is 11.6 Å². The topological polar surface area (TPSA) is 101 Å². The maximum atomic E-state index is 13.0. The minimum absolute atomic E-state index is 0.100. The molecular formula is C20H25N5O4. The van der Waals surface area contributed by atoms with Gasteiger partial charge in [0, 0.05) is 44.0 Å². The molecule has 154 valence electrons. The molecule has 29 heavy (non-hydrogen) atoms. The summed E-state index contributed by atoms with van der Waals surface area (Å²) in [7, 11) is 0. The monoisotopic (exact) mass is 399 g/mol. The lowest BCUT2D eigenvalue weighted by Gasteiger charge is -2.44. The SMILES string of the molecule is Cc1cc(NC(=O)Cn2cc(C(=O)N3CCN4CCCC[C@H]4C3)ccc2=O)no1. The fraction of sp³-hybridized carbons (Fsp3) is 0.500. The van der Waals surface area contributed by atoms with E-state index in [9.17, 15) is 14.4 Å². The van der Waals surface area contributed by atoms with Gasteiger partial charge in [-0.15, -0.1) is 0 Å². The van der Waals surface area contributed by atoms with Gasteiger partial charge in [-0.3, -0.25) is 19.3 Å². The first-order valence-corrected chi connectivity index (χ1v) is 9.96. The Bertz CT molecular complexity index is 966. The van der Waals surface area contributed by atoms with E-state index in [2.05, 4.69) is 15.4 Å². The Hall–Kier alpha value is -2.94. The van der Waals surface area contributed by atoms with E-state index < -0.39 is 5.91 Å². The Morgan fingerprint density at radius 2 is 2.10 bits per heavy atom. The summed E-state index contributed by atoms with van der Waals surface area (Å²) in [4.78, 5) is 41.7. The minimum atomic E-state index is -0.416. The van der Waals surface area contributed by atoms with E-state index in [-0.39, 0.29) is 23.8 Å². The van der Waals surface area contributed by atoms with E-state index in [0.29, 0.717) is 30.5 Å². The number of piperidine rings is 1. The maximum Gasteiger partial charge on any atom is 0.255 e. The molecular weight excluding hydrogens is 374 g/mol. The first-order chi connectivity index (χ1) is 14.0. The lowest BCUT2D eigenvalue weighted by atomic mass is 9.99. The number of amides is 2. The van der Waals surface area contributed by atoms with Crippen LogP contribution in [0.3, 0.4) is 0 Å². The lowest BCUT2D eigenvalue weighted by Crippen LogP contribution is -2.56. The Morgan fingerprint density at radius 3 is 2.90 bits per heavy atom. The average Bonchev–Trinajstić information content (AvgIpc) is 3.13. The summed E-state index contributed by atoms with van der Waals surface area (Å²) in [5, 5.41) is 6.28. The zero-order chi connectivity index (χ0) is 20.4. The number of aromatic nitrogens is 2. The highest BCUT2D eigenvalue weighted by molar-refractivity contribution is 5.94. The molecule has 4 rings (SSSR count). The number of nitrogens with zero attached hydrogens (tertiary/aromatic N) is 4. The number of aryl methyl sites for hydroxylation is 1. The van der Waals surface area contributed by atoms with E-state index in [1.54, 1.807) is 13.0 Å². The van der Waals surface area contributed by atoms with Gasteiger partial charge in [0.1, 0.15) is 12.3 Å². The van der Waals surface area contributed by atoms with Crippen molar-refractivity contribution in [1.29, 1.82) is 0 Å². The van der Waals surface area contributed by atoms with Crippen molar-refractivity contribution in [3.63, 3.8) is 0 Å². The van der Waals surface area contributed by atoms with E-state index >= 15 is 0 Å². The van der Waals surface area contributed by atoms with Gasteiger partial charge in [-0.2, -0.15) is 0 Å². The van der Waals surface area contributed by atoms with Crippen LogP contribution in [0, 0.1) is 6.92 Å². The van der Waals surface area contributed by atoms with Crippen LogP contribution >= 0.6 is 0 Å². The number of hydrogen-bond donors (Lipinski definition) is 1. The van der Waals surface area contributed by atoms with Gasteiger partial charge in [-0.25, -0.2) is 0 Å². The molecule has 2 aliphatic rings. The molecule has 2 aliphatic heterocycles. The zero-order valence-corrected chi connectivity index (χ0v) is 16.5. The molecule has 0 radical (unpaired) electrons. The van der Waals surface area contributed by atoms with Crippen LogP contribution in [-0.2, 0) is 11.3 Å². The Labute approximate surface area is 168 Å². The number of fused-ring (bicyclic) bond motifs is 1. The first-order valence-electron chi connectivity index (χ1n) is 9.96. The predicted octanol–water partition coefficient (Wildman–Crippen LogP) is 1.09. The van der Waals surface area contributed by atoms with Crippen molar-refractivity contribution in [2.75, 3.05) is 31.5 Å². The fourth-order valence-corrected chi connectivity index (χ4v) is 4.07. The van der Waals surface area contributed by atoms with Crippen LogP contribution in [-0.4, -0.2) is 63.6 Å². The molecule has 0 aliphatic carbocycles. The lowest BCUT2D eigenvalue weighted by molar-refractivity contribution is -0.116. The fourth-order valence-electron chi connectivity index (χ4n) is 4.07. The highest BCUT2D eigenvalue weighted by Gasteiger charge is 2.31. The smallest absolute Gasteiger partial charge is 0.255 e. The first kappa shape index (κ1) is 19.4. The van der Waals surface area contributed by atoms with Crippen LogP contribution in [0.25, 0.3) is 0 Å². The Kier molecular flexibility index (Phi) is 5.48. The number of nitrogens with one attached hydrogen (secondary N) is 1. The van der Waals surface area contributed by atoms with Crippen molar-refractivity contribution < 1.29 is 14.1 Å². The van der Waals surface area contributed by atoms with Crippen molar-refractivity contribution in [3.05, 3.63) is 46.1 Å². The summed E-state index contributed by atoms with van der Waals surface area (Å²) in [6.07, 6.45) is 5.01. The molecule has 0 aromatic carbocycles. The number of carbonyl (C=O) groups excluding carboxylic acids is 2. The molecule has 0 spiro atoms. The highest BCUT2D eigenvalue weighted by atomic mass is 16.5. The largest absolute Gasteiger partial charge is 0.360 e. The van der Waals surface area contributed by atoms with Gasteiger partial charge in [-0.05, 0) is 32.4 Å². The molecule has 1 N–H and O–H groups in total. The Morgan fingerprint density at radius 1 is 1.24 bits per heavy atom. The summed E-state index contributed by atoms with van der Waals surface area (Å²) < 4.78 is 6.15. The Balaban J connectivity index is 1.44. The third-order valence-corrected chi connectivity index (χ3v) is 5.56. The molecule has 2 aromatic rings. The van der Waals surface area contributed by atoms with Gasteiger partial charge in [0.15, 0.2) is 5.82 Å². The van der Waals surface area contributed by atoms with Crippen LogP contribution in [0.1, 0.15) is 35.4 Å². The second-order valence-electron chi connectivity index (χ2n) is 7.69. The number of anilines is 1. The molecule has 2 fully saturated rings. The summed E-state index contributed by atoms with van der Waals surface area (Å²) >= 11 is 0. The predicted molar refractivity (Wildman–Crippen MR) is 106 cm³/mol. The number of hydrogen-bond acceptors (Lipinski definition) is 6. The molecule has 1 atom stereocenters. The van der Waals surface area contributed by atoms with Crippen molar-refractivity contribution in [1.82, 2.24) is 19.5 Å². The third-order valence-electron chi connectivity index (χ3n) is 5.56. The summed E-state index contributed by atoms with van der Waals surface area (Å²) in [6, 6.07) is 4.88. The van der Waals surface area contributed by atoms with Crippen LogP contribution in [0.4, 0.5) is 5.82 Å². The molecule has 9 nitrogen and oxygen atoms in total. The minimum Gasteiger partial charge on any atom is -0.360 e. The van der Waals surface area contributed by atoms with Crippen molar-refractivity contribution >= 4 is 17.6 Å². The highest BCUT2D eigenvalue weighted by Crippen LogP contribution is 2.22. The molecule has 2 aromatic heterocycles. The summed E-state index contributed by atoms with van der Waals surface area (Å²) in [5.41, 5.74) is 0.0732. The third kappa shape index (κ3) is 4.40. The van der Waals surface area contributed by atoms with E-state index in [4.69, 9.17) is 4.52 Å². The number of pyridine rings is 1. The zero-order valence-electron chi connectivity index (χ0n) is 16.5. The van der Waals surface area contributed by atoms with Gasteiger partial charge >= 0.3 is 0 Å². The van der Waals surface area contributed by atoms with Gasteiger partial charge < -0.3 is 19.3 Å². The molecule has 4 heterocycles. The number of carbonyl (C=O) groups is 2. The maximum absolute atomic E-state index is 13.0. The van der Waals surface area contributed by atoms with Gasteiger partial charge in [0.25, 0.3) is 11.5 Å². The summed E-state index contributed by atoms with van der Waals surface area (Å²) in [5.74, 6) is 0.346. The van der Waals surface area contributed by atoms with Gasteiger partial charge in [0.2, 0.25) is 5.91 Å². The molecule has 0 bridgehead atoms.